The summed E-state index contributed by atoms with van der Waals surface area (Å²) >= 11 is 0. The standard InChI is InChI=1S/C18H16N2O4/c1-2-12-24-17-5-3-4-15(13-17)19-18(21)11-8-14-6-9-16(10-7-14)20(22)23/h2-11,13H,1,12H2,(H,19,21)/b11-8+. The van der Waals surface area contributed by atoms with Crippen molar-refractivity contribution in [2.75, 3.05) is 11.9 Å². The van der Waals surface area contributed by atoms with Crippen LogP contribution in [0.5, 0.6) is 5.75 Å². The van der Waals surface area contributed by atoms with E-state index in [1.807, 2.05) is 0 Å². The zero-order valence-electron chi connectivity index (χ0n) is 12.8. The van der Waals surface area contributed by atoms with E-state index in [0.717, 1.165) is 0 Å². The first-order chi connectivity index (χ1) is 11.6. The minimum atomic E-state index is -0.471. The topological polar surface area (TPSA) is 81.5 Å². The van der Waals surface area contributed by atoms with E-state index in [1.165, 1.54) is 18.2 Å². The highest BCUT2D eigenvalue weighted by Gasteiger charge is 2.03. The summed E-state index contributed by atoms with van der Waals surface area (Å²) in [6, 6.07) is 12.9. The van der Waals surface area contributed by atoms with Crippen molar-refractivity contribution < 1.29 is 14.5 Å². The number of hydrogen-bond donors (Lipinski definition) is 1. The number of amides is 1. The zero-order chi connectivity index (χ0) is 17.4. The number of nitrogens with zero attached hydrogens (tertiary/aromatic N) is 1. The first-order valence-corrected chi connectivity index (χ1v) is 7.16. The maximum atomic E-state index is 11.9. The number of non-ortho nitro benzene ring substituents is 1. The molecule has 2 aromatic carbocycles. The van der Waals surface area contributed by atoms with Crippen molar-refractivity contribution in [1.82, 2.24) is 0 Å². The van der Waals surface area contributed by atoms with Crippen LogP contribution in [0.15, 0.2) is 67.3 Å². The Kier molecular flexibility index (Phi) is 5.85. The molecule has 1 N–H and O–H groups in total. The SMILES string of the molecule is C=CCOc1cccc(NC(=O)/C=C/c2ccc([N+](=O)[O-])cc2)c1. The van der Waals surface area contributed by atoms with Crippen LogP contribution < -0.4 is 10.1 Å². The number of hydrogen-bond acceptors (Lipinski definition) is 4. The Morgan fingerprint density at radius 2 is 2.00 bits per heavy atom. The van der Waals surface area contributed by atoms with Gasteiger partial charge in [-0.15, -0.1) is 0 Å². The van der Waals surface area contributed by atoms with E-state index >= 15 is 0 Å². The number of nitrogens with one attached hydrogen (secondary N) is 1. The van der Waals surface area contributed by atoms with Gasteiger partial charge in [-0.2, -0.15) is 0 Å². The van der Waals surface area contributed by atoms with Crippen molar-refractivity contribution >= 4 is 23.4 Å². The van der Waals surface area contributed by atoms with E-state index < -0.39 is 4.92 Å². The molecule has 0 radical (unpaired) electrons. The lowest BCUT2D eigenvalue weighted by Gasteiger charge is -2.06. The summed E-state index contributed by atoms with van der Waals surface area (Å²) in [5.41, 5.74) is 1.31. The third-order valence-electron chi connectivity index (χ3n) is 3.00. The summed E-state index contributed by atoms with van der Waals surface area (Å²) in [4.78, 5) is 22.0. The summed E-state index contributed by atoms with van der Waals surface area (Å²) in [5, 5.41) is 13.3. The van der Waals surface area contributed by atoms with E-state index in [2.05, 4.69) is 11.9 Å². The minimum absolute atomic E-state index is 0.00735. The molecule has 0 heterocycles. The Morgan fingerprint density at radius 3 is 2.67 bits per heavy atom. The van der Waals surface area contributed by atoms with Gasteiger partial charge in [0.05, 0.1) is 4.92 Å². The second-order valence-electron chi connectivity index (χ2n) is 4.80. The number of anilines is 1. The first kappa shape index (κ1) is 17.0. The monoisotopic (exact) mass is 324 g/mol. The number of carbonyl (C=O) groups excluding carboxylic acids is 1. The molecule has 2 rings (SSSR count). The van der Waals surface area contributed by atoms with E-state index in [9.17, 15) is 14.9 Å². The maximum absolute atomic E-state index is 11.9. The number of ether oxygens (including phenoxy) is 1. The lowest BCUT2D eigenvalue weighted by Crippen LogP contribution is -2.07. The van der Waals surface area contributed by atoms with Crippen molar-refractivity contribution in [2.45, 2.75) is 0 Å². The quantitative estimate of drug-likeness (QED) is 0.363. The minimum Gasteiger partial charge on any atom is -0.489 e. The fraction of sp³-hybridized carbons (Fsp3) is 0.0556. The highest BCUT2D eigenvalue weighted by atomic mass is 16.6. The molecule has 0 spiro atoms. The maximum Gasteiger partial charge on any atom is 0.269 e. The van der Waals surface area contributed by atoms with Crippen LogP contribution in [0.1, 0.15) is 5.56 Å². The molecule has 6 nitrogen and oxygen atoms in total. The largest absolute Gasteiger partial charge is 0.489 e. The van der Waals surface area contributed by atoms with Crippen LogP contribution in [0.2, 0.25) is 0 Å². The molecule has 6 heteroatoms. The Morgan fingerprint density at radius 1 is 1.25 bits per heavy atom. The molecule has 122 valence electrons. The third-order valence-corrected chi connectivity index (χ3v) is 3.00. The Balaban J connectivity index is 1.97. The molecule has 0 atom stereocenters. The van der Waals surface area contributed by atoms with Crippen LogP contribution in [0, 0.1) is 10.1 Å². The molecule has 0 fully saturated rings. The second kappa shape index (κ2) is 8.28. The number of benzene rings is 2. The molecule has 0 aliphatic rings. The molecular formula is C18H16N2O4. The smallest absolute Gasteiger partial charge is 0.269 e. The molecule has 0 bridgehead atoms. The summed E-state index contributed by atoms with van der Waals surface area (Å²) in [6.45, 7) is 3.96. The van der Waals surface area contributed by atoms with Gasteiger partial charge in [0.15, 0.2) is 0 Å². The molecule has 0 aliphatic heterocycles. The van der Waals surface area contributed by atoms with E-state index in [1.54, 1.807) is 48.6 Å². The van der Waals surface area contributed by atoms with E-state index in [0.29, 0.717) is 23.6 Å². The number of carbonyl (C=O) groups is 1. The molecule has 0 aliphatic carbocycles. The van der Waals surface area contributed by atoms with Crippen LogP contribution in [-0.2, 0) is 4.79 Å². The molecule has 0 saturated heterocycles. The molecular weight excluding hydrogens is 308 g/mol. The molecule has 2 aromatic rings. The van der Waals surface area contributed by atoms with Gasteiger partial charge in [-0.1, -0.05) is 18.7 Å². The zero-order valence-corrected chi connectivity index (χ0v) is 12.8. The molecule has 0 aromatic heterocycles. The second-order valence-corrected chi connectivity index (χ2v) is 4.80. The van der Waals surface area contributed by atoms with Crippen LogP contribution in [0.3, 0.4) is 0 Å². The van der Waals surface area contributed by atoms with Crippen LogP contribution in [0.4, 0.5) is 11.4 Å². The van der Waals surface area contributed by atoms with Crippen molar-refractivity contribution in [1.29, 1.82) is 0 Å². The van der Waals surface area contributed by atoms with E-state index in [4.69, 9.17) is 4.74 Å². The van der Waals surface area contributed by atoms with Crippen molar-refractivity contribution in [3.05, 3.63) is 82.9 Å². The van der Waals surface area contributed by atoms with Crippen molar-refractivity contribution in [2.24, 2.45) is 0 Å². The van der Waals surface area contributed by atoms with Gasteiger partial charge in [0.2, 0.25) is 5.91 Å². The van der Waals surface area contributed by atoms with Crippen molar-refractivity contribution in [3.63, 3.8) is 0 Å². The highest BCUT2D eigenvalue weighted by molar-refractivity contribution is 6.02. The number of rotatable bonds is 7. The number of nitro groups is 1. The fourth-order valence-corrected chi connectivity index (χ4v) is 1.88. The van der Waals surface area contributed by atoms with Crippen molar-refractivity contribution in [3.8, 4) is 5.75 Å². The van der Waals surface area contributed by atoms with Crippen LogP contribution in [-0.4, -0.2) is 17.4 Å². The lowest BCUT2D eigenvalue weighted by atomic mass is 10.2. The first-order valence-electron chi connectivity index (χ1n) is 7.16. The van der Waals surface area contributed by atoms with Gasteiger partial charge < -0.3 is 10.1 Å². The predicted molar refractivity (Wildman–Crippen MR) is 92.9 cm³/mol. The van der Waals surface area contributed by atoms with Gasteiger partial charge in [0.1, 0.15) is 12.4 Å². The van der Waals surface area contributed by atoms with Crippen LogP contribution >= 0.6 is 0 Å². The van der Waals surface area contributed by atoms with E-state index in [-0.39, 0.29) is 11.6 Å². The number of nitro benzene ring substituents is 1. The van der Waals surface area contributed by atoms with Gasteiger partial charge in [-0.25, -0.2) is 0 Å². The summed E-state index contributed by atoms with van der Waals surface area (Å²) < 4.78 is 5.39. The lowest BCUT2D eigenvalue weighted by molar-refractivity contribution is -0.384. The predicted octanol–water partition coefficient (Wildman–Crippen LogP) is 3.81. The highest BCUT2D eigenvalue weighted by Crippen LogP contribution is 2.17. The van der Waals surface area contributed by atoms with Gasteiger partial charge in [0, 0.05) is 30.0 Å². The van der Waals surface area contributed by atoms with Gasteiger partial charge in [-0.3, -0.25) is 14.9 Å². The third kappa shape index (κ3) is 5.10. The normalized spacial score (nSPS) is 10.3. The molecule has 24 heavy (non-hydrogen) atoms. The summed E-state index contributed by atoms with van der Waals surface area (Å²) in [6.07, 6.45) is 4.58. The Labute approximate surface area is 139 Å². The average Bonchev–Trinajstić information content (AvgIpc) is 2.59. The average molecular weight is 324 g/mol. The Bertz CT molecular complexity index is 767. The van der Waals surface area contributed by atoms with Crippen LogP contribution in [0.25, 0.3) is 6.08 Å². The van der Waals surface area contributed by atoms with Gasteiger partial charge in [-0.05, 0) is 35.9 Å². The fourth-order valence-electron chi connectivity index (χ4n) is 1.88. The Hall–Kier alpha value is -3.41. The van der Waals surface area contributed by atoms with Gasteiger partial charge in [0.25, 0.3) is 5.69 Å². The summed E-state index contributed by atoms with van der Waals surface area (Å²) in [5.74, 6) is 0.321. The molecule has 0 unspecified atom stereocenters. The molecule has 0 saturated carbocycles. The summed E-state index contributed by atoms with van der Waals surface area (Å²) in [7, 11) is 0. The van der Waals surface area contributed by atoms with Gasteiger partial charge >= 0.3 is 0 Å². The molecule has 1 amide bonds.